The lowest BCUT2D eigenvalue weighted by atomic mass is 10.2. The first-order valence-corrected chi connectivity index (χ1v) is 6.99. The third-order valence-electron chi connectivity index (χ3n) is 2.47. The van der Waals surface area contributed by atoms with E-state index < -0.39 is 0 Å². The van der Waals surface area contributed by atoms with Crippen molar-refractivity contribution in [3.63, 3.8) is 0 Å². The first kappa shape index (κ1) is 13.1. The van der Waals surface area contributed by atoms with Crippen LogP contribution in [0.15, 0.2) is 47.5 Å². The van der Waals surface area contributed by atoms with Crippen molar-refractivity contribution < 1.29 is 0 Å². The predicted octanol–water partition coefficient (Wildman–Crippen LogP) is 3.32. The summed E-state index contributed by atoms with van der Waals surface area (Å²) in [5.41, 5.74) is 8.85. The summed E-state index contributed by atoms with van der Waals surface area (Å²) in [6.07, 6.45) is 1.74. The summed E-state index contributed by atoms with van der Waals surface area (Å²) in [6, 6.07) is 12.4. The summed E-state index contributed by atoms with van der Waals surface area (Å²) in [4.78, 5) is 5.60. The molecule has 92 valence electrons. The lowest BCUT2D eigenvalue weighted by Gasteiger charge is -2.04. The second kappa shape index (κ2) is 5.98. The summed E-state index contributed by atoms with van der Waals surface area (Å²) < 4.78 is 0. The highest BCUT2D eigenvalue weighted by Crippen LogP contribution is 2.23. The molecular formula is C14H14N2S2. The van der Waals surface area contributed by atoms with Crippen molar-refractivity contribution in [2.45, 2.75) is 17.6 Å². The van der Waals surface area contributed by atoms with Crippen LogP contribution in [0, 0.1) is 6.92 Å². The monoisotopic (exact) mass is 274 g/mol. The summed E-state index contributed by atoms with van der Waals surface area (Å²) in [6.45, 7) is 2.10. The van der Waals surface area contributed by atoms with Gasteiger partial charge in [-0.05, 0) is 24.6 Å². The molecule has 0 atom stereocenters. The Kier molecular flexibility index (Phi) is 4.33. The van der Waals surface area contributed by atoms with E-state index in [1.165, 1.54) is 11.1 Å². The fourth-order valence-electron chi connectivity index (χ4n) is 1.60. The number of thiocarbonyl (C=S) groups is 1. The van der Waals surface area contributed by atoms with E-state index in [2.05, 4.69) is 36.2 Å². The molecule has 0 amide bonds. The van der Waals surface area contributed by atoms with Gasteiger partial charge >= 0.3 is 0 Å². The molecule has 0 fully saturated rings. The van der Waals surface area contributed by atoms with Gasteiger partial charge in [0.2, 0.25) is 0 Å². The van der Waals surface area contributed by atoms with Crippen LogP contribution in [0.5, 0.6) is 0 Å². The van der Waals surface area contributed by atoms with E-state index in [1.54, 1.807) is 18.0 Å². The molecule has 2 aromatic rings. The molecule has 1 aromatic heterocycles. The number of rotatable bonds is 4. The minimum atomic E-state index is 0.341. The Labute approximate surface area is 117 Å². The fourth-order valence-corrected chi connectivity index (χ4v) is 2.58. The van der Waals surface area contributed by atoms with Gasteiger partial charge in [0.05, 0.1) is 5.69 Å². The molecule has 2 nitrogen and oxygen atoms in total. The first-order chi connectivity index (χ1) is 8.65. The number of thioether (sulfide) groups is 1. The second-order valence-electron chi connectivity index (χ2n) is 4.02. The quantitative estimate of drug-likeness (QED) is 0.686. The highest BCUT2D eigenvalue weighted by atomic mass is 32.2. The molecule has 0 aliphatic rings. The maximum absolute atomic E-state index is 5.57. The molecule has 0 saturated carbocycles. The van der Waals surface area contributed by atoms with Gasteiger partial charge in [-0.15, -0.1) is 11.8 Å². The molecule has 1 heterocycles. The summed E-state index contributed by atoms with van der Waals surface area (Å²) in [5, 5.41) is 0. The number of hydrogen-bond acceptors (Lipinski definition) is 3. The van der Waals surface area contributed by atoms with Gasteiger partial charge < -0.3 is 5.73 Å². The molecule has 2 N–H and O–H groups in total. The van der Waals surface area contributed by atoms with Gasteiger partial charge in [-0.2, -0.15) is 0 Å². The Bertz CT molecular complexity index is 567. The lowest BCUT2D eigenvalue weighted by Crippen LogP contribution is -2.11. The zero-order valence-electron chi connectivity index (χ0n) is 10.1. The zero-order valence-corrected chi connectivity index (χ0v) is 11.7. The highest BCUT2D eigenvalue weighted by molar-refractivity contribution is 7.98. The van der Waals surface area contributed by atoms with E-state index in [1.807, 2.05) is 12.1 Å². The number of hydrogen-bond donors (Lipinski definition) is 1. The van der Waals surface area contributed by atoms with Crippen LogP contribution >= 0.6 is 24.0 Å². The number of nitrogens with zero attached hydrogens (tertiary/aromatic N) is 1. The van der Waals surface area contributed by atoms with Gasteiger partial charge in [0.15, 0.2) is 0 Å². The van der Waals surface area contributed by atoms with Crippen LogP contribution in [0.1, 0.15) is 16.8 Å². The fraction of sp³-hybridized carbons (Fsp3) is 0.143. The van der Waals surface area contributed by atoms with E-state index in [9.17, 15) is 0 Å². The Morgan fingerprint density at radius 1 is 1.33 bits per heavy atom. The molecule has 4 heteroatoms. The molecule has 0 radical (unpaired) electrons. The average Bonchev–Trinajstić information content (AvgIpc) is 2.37. The van der Waals surface area contributed by atoms with E-state index >= 15 is 0 Å². The topological polar surface area (TPSA) is 38.9 Å². The van der Waals surface area contributed by atoms with Crippen LogP contribution in [0.25, 0.3) is 0 Å². The summed E-state index contributed by atoms with van der Waals surface area (Å²) in [7, 11) is 0. The van der Waals surface area contributed by atoms with E-state index in [-0.39, 0.29) is 0 Å². The molecule has 2 rings (SSSR count). The number of benzene rings is 1. The Morgan fingerprint density at radius 2 is 2.17 bits per heavy atom. The van der Waals surface area contributed by atoms with Crippen molar-refractivity contribution in [3.05, 3.63) is 59.4 Å². The maximum atomic E-state index is 5.57. The van der Waals surface area contributed by atoms with Crippen LogP contribution in [0.4, 0.5) is 0 Å². The van der Waals surface area contributed by atoms with Crippen LogP contribution in [-0.4, -0.2) is 9.97 Å². The lowest BCUT2D eigenvalue weighted by molar-refractivity contribution is 1.23. The zero-order chi connectivity index (χ0) is 13.0. The van der Waals surface area contributed by atoms with E-state index in [0.29, 0.717) is 10.7 Å². The SMILES string of the molecule is Cc1cccc(CSc2ccnc(C(N)=S)c2)c1. The molecule has 0 saturated heterocycles. The van der Waals surface area contributed by atoms with Crippen LogP contribution in [0.3, 0.4) is 0 Å². The van der Waals surface area contributed by atoms with Crippen LogP contribution in [0.2, 0.25) is 0 Å². The van der Waals surface area contributed by atoms with Crippen molar-refractivity contribution >= 4 is 29.0 Å². The molecule has 1 aromatic carbocycles. The molecule has 0 spiro atoms. The van der Waals surface area contributed by atoms with Crippen molar-refractivity contribution in [2.24, 2.45) is 5.73 Å². The maximum Gasteiger partial charge on any atom is 0.122 e. The van der Waals surface area contributed by atoms with Crippen molar-refractivity contribution in [3.8, 4) is 0 Å². The van der Waals surface area contributed by atoms with Crippen LogP contribution in [-0.2, 0) is 5.75 Å². The number of aryl methyl sites for hydroxylation is 1. The van der Waals surface area contributed by atoms with Gasteiger partial charge in [-0.3, -0.25) is 4.98 Å². The number of pyridine rings is 1. The Hall–Kier alpha value is -1.39. The Balaban J connectivity index is 2.06. The summed E-state index contributed by atoms with van der Waals surface area (Å²) >= 11 is 6.68. The van der Waals surface area contributed by atoms with Gasteiger partial charge in [-0.1, -0.05) is 42.0 Å². The van der Waals surface area contributed by atoms with Gasteiger partial charge in [0.1, 0.15) is 4.99 Å². The normalized spacial score (nSPS) is 10.3. The van der Waals surface area contributed by atoms with Crippen molar-refractivity contribution in [2.75, 3.05) is 0 Å². The van der Waals surface area contributed by atoms with Crippen molar-refractivity contribution in [1.29, 1.82) is 0 Å². The van der Waals surface area contributed by atoms with E-state index in [4.69, 9.17) is 18.0 Å². The molecule has 0 aliphatic carbocycles. The second-order valence-corrected chi connectivity index (χ2v) is 5.51. The van der Waals surface area contributed by atoms with Gasteiger partial charge in [-0.25, -0.2) is 0 Å². The summed E-state index contributed by atoms with van der Waals surface area (Å²) in [5.74, 6) is 0.933. The Morgan fingerprint density at radius 3 is 2.89 bits per heavy atom. The number of nitrogens with two attached hydrogens (primary N) is 1. The predicted molar refractivity (Wildman–Crippen MR) is 80.9 cm³/mol. The van der Waals surface area contributed by atoms with Gasteiger partial charge in [0, 0.05) is 16.8 Å². The standard InChI is InChI=1S/C14H14N2S2/c1-10-3-2-4-11(7-10)9-18-12-5-6-16-13(8-12)14(15)17/h2-8H,9H2,1H3,(H2,15,17). The van der Waals surface area contributed by atoms with E-state index in [0.717, 1.165) is 10.6 Å². The molecule has 0 bridgehead atoms. The molecular weight excluding hydrogens is 260 g/mol. The first-order valence-electron chi connectivity index (χ1n) is 5.59. The molecule has 18 heavy (non-hydrogen) atoms. The highest BCUT2D eigenvalue weighted by Gasteiger charge is 2.01. The third-order valence-corrected chi connectivity index (χ3v) is 3.75. The minimum Gasteiger partial charge on any atom is -0.388 e. The smallest absolute Gasteiger partial charge is 0.122 e. The average molecular weight is 274 g/mol. The largest absolute Gasteiger partial charge is 0.388 e. The van der Waals surface area contributed by atoms with Crippen molar-refractivity contribution in [1.82, 2.24) is 4.98 Å². The van der Waals surface area contributed by atoms with Gasteiger partial charge in [0.25, 0.3) is 0 Å². The molecule has 0 aliphatic heterocycles. The van der Waals surface area contributed by atoms with Crippen LogP contribution < -0.4 is 5.73 Å². The molecule has 0 unspecified atom stereocenters. The number of aromatic nitrogens is 1. The minimum absolute atomic E-state index is 0.341. The third kappa shape index (κ3) is 3.55.